The first kappa shape index (κ1) is 19.8. The van der Waals surface area contributed by atoms with Crippen molar-refractivity contribution < 1.29 is 18.0 Å². The van der Waals surface area contributed by atoms with Gasteiger partial charge in [0.15, 0.2) is 0 Å². The van der Waals surface area contributed by atoms with Crippen LogP contribution in [0.3, 0.4) is 0 Å². The van der Waals surface area contributed by atoms with Crippen molar-refractivity contribution in [1.29, 1.82) is 0 Å². The topological polar surface area (TPSA) is 58.4 Å². The predicted octanol–water partition coefficient (Wildman–Crippen LogP) is 4.05. The molecule has 4 nitrogen and oxygen atoms in total. The summed E-state index contributed by atoms with van der Waals surface area (Å²) in [4.78, 5) is 14.2. The second kappa shape index (κ2) is 7.78. The first-order valence-electron chi connectivity index (χ1n) is 8.11. The number of amides is 1. The zero-order valence-corrected chi connectivity index (χ0v) is 14.8. The van der Waals surface area contributed by atoms with Crippen LogP contribution in [0, 0.1) is 5.92 Å². The molecule has 0 aliphatic rings. The molecule has 7 heteroatoms. The van der Waals surface area contributed by atoms with Crippen molar-refractivity contribution in [2.45, 2.75) is 19.1 Å². The number of halogens is 3. The smallest absolute Gasteiger partial charge is 0.376 e. The Morgan fingerprint density at radius 2 is 1.73 bits per heavy atom. The van der Waals surface area contributed by atoms with Gasteiger partial charge < -0.3 is 16.0 Å². The Hall–Kier alpha value is -2.54. The van der Waals surface area contributed by atoms with Gasteiger partial charge in [-0.3, -0.25) is 4.79 Å². The summed E-state index contributed by atoms with van der Waals surface area (Å²) in [7, 11) is 3.38. The summed E-state index contributed by atoms with van der Waals surface area (Å²) < 4.78 is 39.0. The molecule has 1 amide bonds. The Morgan fingerprint density at radius 1 is 1.12 bits per heavy atom. The van der Waals surface area contributed by atoms with Crippen molar-refractivity contribution in [3.63, 3.8) is 0 Å². The molecule has 0 bridgehead atoms. The maximum Gasteiger partial charge on any atom is 0.416 e. The lowest BCUT2D eigenvalue weighted by Gasteiger charge is -2.23. The minimum Gasteiger partial charge on any atom is -0.376 e. The molecule has 2 aromatic carbocycles. The van der Waals surface area contributed by atoms with Crippen molar-refractivity contribution >= 4 is 17.3 Å². The second-order valence-corrected chi connectivity index (χ2v) is 6.34. The van der Waals surface area contributed by atoms with Crippen LogP contribution in [-0.2, 0) is 11.0 Å². The van der Waals surface area contributed by atoms with Gasteiger partial charge in [0, 0.05) is 20.1 Å². The lowest BCUT2D eigenvalue weighted by molar-refractivity contribution is -0.137. The van der Waals surface area contributed by atoms with E-state index in [4.69, 9.17) is 5.73 Å². The van der Waals surface area contributed by atoms with Crippen molar-refractivity contribution in [2.24, 2.45) is 11.7 Å². The predicted molar refractivity (Wildman–Crippen MR) is 96.9 cm³/mol. The number of nitrogens with two attached hydrogens (primary N) is 1. The van der Waals surface area contributed by atoms with E-state index in [1.54, 1.807) is 25.9 Å². The van der Waals surface area contributed by atoms with Crippen LogP contribution >= 0.6 is 0 Å². The van der Waals surface area contributed by atoms with Gasteiger partial charge in [-0.25, -0.2) is 0 Å². The summed E-state index contributed by atoms with van der Waals surface area (Å²) in [5.41, 5.74) is 6.68. The lowest BCUT2D eigenvalue weighted by Crippen LogP contribution is -2.31. The van der Waals surface area contributed by atoms with Crippen LogP contribution in [0.5, 0.6) is 0 Å². The highest BCUT2D eigenvalue weighted by atomic mass is 19.4. The second-order valence-electron chi connectivity index (χ2n) is 6.34. The minimum atomic E-state index is -4.49. The average Bonchev–Trinajstić information content (AvgIpc) is 2.60. The number of hydrogen-bond donors (Lipinski definition) is 2. The molecule has 2 atom stereocenters. The number of nitrogens with zero attached hydrogens (tertiary/aromatic N) is 1. The first-order valence-corrected chi connectivity index (χ1v) is 8.11. The van der Waals surface area contributed by atoms with Crippen LogP contribution in [0.2, 0.25) is 0 Å². The van der Waals surface area contributed by atoms with E-state index < -0.39 is 29.6 Å². The zero-order valence-electron chi connectivity index (χ0n) is 14.8. The fourth-order valence-corrected chi connectivity index (χ4v) is 2.58. The summed E-state index contributed by atoms with van der Waals surface area (Å²) >= 11 is 0. The number of carbonyl (C=O) groups excluding carboxylic acids is 1. The Balaban J connectivity index is 2.26. The third-order valence-corrected chi connectivity index (χ3v) is 4.20. The molecular formula is C19H22F3N3O. The maximum atomic E-state index is 13.0. The third-order valence-electron chi connectivity index (χ3n) is 4.20. The van der Waals surface area contributed by atoms with E-state index in [2.05, 4.69) is 5.32 Å². The molecule has 0 saturated carbocycles. The fourth-order valence-electron chi connectivity index (χ4n) is 2.58. The summed E-state index contributed by atoms with van der Waals surface area (Å²) in [6.45, 7) is 1.65. The Kier molecular flexibility index (Phi) is 5.92. The Morgan fingerprint density at radius 3 is 2.27 bits per heavy atom. The van der Waals surface area contributed by atoms with Crippen LogP contribution in [-0.4, -0.2) is 20.0 Å². The van der Waals surface area contributed by atoms with E-state index in [9.17, 15) is 18.0 Å². The highest BCUT2D eigenvalue weighted by Crippen LogP contribution is 2.35. The van der Waals surface area contributed by atoms with Gasteiger partial charge in [-0.05, 0) is 23.8 Å². The molecule has 0 fully saturated rings. The maximum absolute atomic E-state index is 13.0. The van der Waals surface area contributed by atoms with Gasteiger partial charge in [0.2, 0.25) is 5.91 Å². The van der Waals surface area contributed by atoms with Gasteiger partial charge in [-0.2, -0.15) is 13.2 Å². The van der Waals surface area contributed by atoms with Crippen molar-refractivity contribution in [1.82, 2.24) is 0 Å². The number of benzene rings is 2. The molecule has 3 N–H and O–H groups in total. The van der Waals surface area contributed by atoms with Crippen LogP contribution < -0.4 is 16.0 Å². The molecule has 2 unspecified atom stereocenters. The molecule has 0 aromatic heterocycles. The quantitative estimate of drug-likeness (QED) is 0.841. The highest BCUT2D eigenvalue weighted by Gasteiger charge is 2.32. The van der Waals surface area contributed by atoms with Gasteiger partial charge in [-0.1, -0.05) is 37.3 Å². The van der Waals surface area contributed by atoms with E-state index in [0.717, 1.165) is 17.7 Å². The van der Waals surface area contributed by atoms with E-state index in [1.165, 1.54) is 6.07 Å². The minimum absolute atomic E-state index is 0.0990. The lowest BCUT2D eigenvalue weighted by atomic mass is 9.94. The molecule has 2 aromatic rings. The standard InChI is InChI=1S/C19H22F3N3O/c1-12(17(23)13-7-5-4-6-8-13)18(26)24-15-11-14(19(20,21)22)9-10-16(15)25(2)3/h4-12,17H,23H2,1-3H3,(H,24,26). The average molecular weight is 365 g/mol. The van der Waals surface area contributed by atoms with E-state index >= 15 is 0 Å². The molecule has 0 heterocycles. The SMILES string of the molecule is CC(C(=O)Nc1cc(C(F)(F)F)ccc1N(C)C)C(N)c1ccccc1. The van der Waals surface area contributed by atoms with E-state index in [1.807, 2.05) is 30.3 Å². The van der Waals surface area contributed by atoms with Crippen LogP contribution in [0.1, 0.15) is 24.1 Å². The molecule has 0 saturated heterocycles. The molecule has 26 heavy (non-hydrogen) atoms. The van der Waals surface area contributed by atoms with Gasteiger partial charge >= 0.3 is 6.18 Å². The Labute approximate surface area is 150 Å². The number of hydrogen-bond acceptors (Lipinski definition) is 3. The zero-order chi connectivity index (χ0) is 19.5. The van der Waals surface area contributed by atoms with Crippen molar-refractivity contribution in [3.8, 4) is 0 Å². The summed E-state index contributed by atoms with van der Waals surface area (Å²) in [5, 5.41) is 2.59. The monoisotopic (exact) mass is 365 g/mol. The van der Waals surface area contributed by atoms with Crippen LogP contribution in [0.15, 0.2) is 48.5 Å². The van der Waals surface area contributed by atoms with Gasteiger partial charge in [0.1, 0.15) is 0 Å². The largest absolute Gasteiger partial charge is 0.416 e. The summed E-state index contributed by atoms with van der Waals surface area (Å²) in [6.07, 6.45) is -4.49. The van der Waals surface area contributed by atoms with E-state index in [-0.39, 0.29) is 5.69 Å². The normalized spacial score (nSPS) is 13.8. The number of alkyl halides is 3. The first-order chi connectivity index (χ1) is 12.1. The fraction of sp³-hybridized carbons (Fsp3) is 0.316. The molecule has 140 valence electrons. The molecular weight excluding hydrogens is 343 g/mol. The number of nitrogens with one attached hydrogen (secondary N) is 1. The number of carbonyl (C=O) groups is 1. The molecule has 0 aliphatic carbocycles. The molecule has 0 spiro atoms. The summed E-state index contributed by atoms with van der Waals surface area (Å²) in [5.74, 6) is -1.06. The Bertz CT molecular complexity index is 760. The summed E-state index contributed by atoms with van der Waals surface area (Å²) in [6, 6.07) is 11.8. The highest BCUT2D eigenvalue weighted by molar-refractivity contribution is 5.96. The van der Waals surface area contributed by atoms with Gasteiger partial charge in [-0.15, -0.1) is 0 Å². The number of rotatable bonds is 5. The van der Waals surface area contributed by atoms with Crippen LogP contribution in [0.4, 0.5) is 24.5 Å². The molecule has 2 rings (SSSR count). The van der Waals surface area contributed by atoms with Crippen molar-refractivity contribution in [2.75, 3.05) is 24.3 Å². The third kappa shape index (κ3) is 4.54. The molecule has 0 radical (unpaired) electrons. The van der Waals surface area contributed by atoms with Crippen molar-refractivity contribution in [3.05, 3.63) is 59.7 Å². The molecule has 0 aliphatic heterocycles. The van der Waals surface area contributed by atoms with Gasteiger partial charge in [0.25, 0.3) is 0 Å². The number of anilines is 2. The van der Waals surface area contributed by atoms with E-state index in [0.29, 0.717) is 5.69 Å². The van der Waals surface area contributed by atoms with Gasteiger partial charge in [0.05, 0.1) is 22.9 Å². The van der Waals surface area contributed by atoms with Crippen LogP contribution in [0.25, 0.3) is 0 Å².